The first-order valence-corrected chi connectivity index (χ1v) is 7.53. The van der Waals surface area contributed by atoms with Crippen LogP contribution < -0.4 is 0 Å². The highest BCUT2D eigenvalue weighted by molar-refractivity contribution is 5.13. The van der Waals surface area contributed by atoms with Crippen LogP contribution in [0.3, 0.4) is 0 Å². The van der Waals surface area contributed by atoms with Crippen LogP contribution in [0.5, 0.6) is 0 Å². The van der Waals surface area contributed by atoms with E-state index in [4.69, 9.17) is 0 Å². The average Bonchev–Trinajstić information content (AvgIpc) is 2.31. The highest BCUT2D eigenvalue weighted by atomic mass is 13.9. The summed E-state index contributed by atoms with van der Waals surface area (Å²) in [4.78, 5) is 0. The maximum absolute atomic E-state index is 2.17. The van der Waals surface area contributed by atoms with E-state index in [0.717, 1.165) is 12.3 Å². The molecule has 0 atom stereocenters. The van der Waals surface area contributed by atoms with Gasteiger partial charge >= 0.3 is 0 Å². The second kappa shape index (κ2) is 21.5. The van der Waals surface area contributed by atoms with E-state index in [2.05, 4.69) is 79.7 Å². The predicted octanol–water partition coefficient (Wildman–Crippen LogP) is 6.74. The molecule has 0 aromatic heterocycles. The summed E-state index contributed by atoms with van der Waals surface area (Å²) in [5, 5.41) is 0. The Labute approximate surface area is 117 Å². The second-order valence-corrected chi connectivity index (χ2v) is 4.99. The zero-order valence-corrected chi connectivity index (χ0v) is 14.1. The monoisotopic (exact) mass is 252 g/mol. The molecule has 18 heavy (non-hydrogen) atoms. The zero-order chi connectivity index (χ0) is 14.8. The molecule has 0 fully saturated rings. The van der Waals surface area contributed by atoms with Gasteiger partial charge in [-0.2, -0.15) is 0 Å². The van der Waals surface area contributed by atoms with Gasteiger partial charge in [0.05, 0.1) is 0 Å². The minimum absolute atomic E-state index is 0.833. The number of benzene rings is 1. The van der Waals surface area contributed by atoms with Crippen molar-refractivity contribution < 1.29 is 0 Å². The standard InChI is InChI=1S/C8H10.C4H10.2C3H8/c1-2-8-6-4-3-5-7-8;1-4(2)3;2*1-3-2/h3-7H,2H2,1H3;4H,1-3H3;2*3H2,1-2H3. The second-order valence-electron chi connectivity index (χ2n) is 4.99. The summed E-state index contributed by atoms with van der Waals surface area (Å²) in [5.41, 5.74) is 1.41. The molecule has 0 saturated carbocycles. The van der Waals surface area contributed by atoms with E-state index in [1.165, 1.54) is 18.4 Å². The molecule has 0 saturated heterocycles. The summed E-state index contributed by atoms with van der Waals surface area (Å²) in [6.45, 7) is 17.2. The van der Waals surface area contributed by atoms with Crippen LogP contribution in [-0.2, 0) is 6.42 Å². The minimum Gasteiger partial charge on any atom is -0.0656 e. The molecule has 1 rings (SSSR count). The molecule has 1 aromatic carbocycles. The molecule has 0 aliphatic heterocycles. The highest BCUT2D eigenvalue weighted by Gasteiger charge is 1.79. The van der Waals surface area contributed by atoms with Crippen LogP contribution in [0, 0.1) is 5.92 Å². The fraction of sp³-hybridized carbons (Fsp3) is 0.667. The number of aryl methyl sites for hydroxylation is 1. The van der Waals surface area contributed by atoms with Crippen LogP contribution in [-0.4, -0.2) is 0 Å². The van der Waals surface area contributed by atoms with Crippen molar-refractivity contribution in [2.45, 2.75) is 74.7 Å². The van der Waals surface area contributed by atoms with Crippen molar-refractivity contribution in [3.63, 3.8) is 0 Å². The third kappa shape index (κ3) is 36.2. The van der Waals surface area contributed by atoms with E-state index in [-0.39, 0.29) is 0 Å². The third-order valence-corrected chi connectivity index (χ3v) is 1.25. The molecule has 0 heteroatoms. The van der Waals surface area contributed by atoms with Crippen molar-refractivity contribution in [1.82, 2.24) is 0 Å². The molecule has 0 N–H and O–H groups in total. The third-order valence-electron chi connectivity index (χ3n) is 1.25. The van der Waals surface area contributed by atoms with Gasteiger partial charge in [0.15, 0.2) is 0 Å². The molecule has 0 spiro atoms. The molecule has 1 aromatic rings. The fourth-order valence-electron chi connectivity index (χ4n) is 0.714. The SMILES string of the molecule is CC(C)C.CCC.CCC.CCc1ccccc1. The Hall–Kier alpha value is -0.780. The summed E-state index contributed by atoms with van der Waals surface area (Å²) >= 11 is 0. The average molecular weight is 252 g/mol. The molecule has 0 amide bonds. The van der Waals surface area contributed by atoms with Crippen LogP contribution in [0.1, 0.15) is 73.8 Å². The predicted molar refractivity (Wildman–Crippen MR) is 88.3 cm³/mol. The van der Waals surface area contributed by atoms with Crippen LogP contribution in [0.4, 0.5) is 0 Å². The van der Waals surface area contributed by atoms with Gasteiger partial charge in [-0.1, -0.05) is 98.6 Å². The Morgan fingerprint density at radius 1 is 0.722 bits per heavy atom. The number of hydrogen-bond acceptors (Lipinski definition) is 0. The minimum atomic E-state index is 0.833. The Morgan fingerprint density at radius 2 is 1.00 bits per heavy atom. The summed E-state index contributed by atoms with van der Waals surface area (Å²) in [7, 11) is 0. The highest BCUT2D eigenvalue weighted by Crippen LogP contribution is 1.96. The molecule has 0 nitrogen and oxygen atoms in total. The van der Waals surface area contributed by atoms with Gasteiger partial charge in [-0.15, -0.1) is 0 Å². The molecule has 0 bridgehead atoms. The van der Waals surface area contributed by atoms with E-state index >= 15 is 0 Å². The van der Waals surface area contributed by atoms with Crippen molar-refractivity contribution in [2.24, 2.45) is 5.92 Å². The number of hydrogen-bond donors (Lipinski definition) is 0. The van der Waals surface area contributed by atoms with Crippen molar-refractivity contribution >= 4 is 0 Å². The maximum Gasteiger partial charge on any atom is -0.0307 e. The van der Waals surface area contributed by atoms with Gasteiger partial charge in [0.1, 0.15) is 0 Å². The van der Waals surface area contributed by atoms with Gasteiger partial charge in [-0.3, -0.25) is 0 Å². The van der Waals surface area contributed by atoms with Crippen LogP contribution in [0.25, 0.3) is 0 Å². The van der Waals surface area contributed by atoms with Gasteiger partial charge in [-0.05, 0) is 17.9 Å². The summed E-state index contributed by atoms with van der Waals surface area (Å²) in [6, 6.07) is 10.5. The lowest BCUT2D eigenvalue weighted by Gasteiger charge is -1.89. The molecule has 0 aliphatic rings. The maximum atomic E-state index is 2.17. The number of rotatable bonds is 1. The summed E-state index contributed by atoms with van der Waals surface area (Å²) in [5.74, 6) is 0.833. The van der Waals surface area contributed by atoms with Crippen LogP contribution >= 0.6 is 0 Å². The quantitative estimate of drug-likeness (QED) is 0.519. The molecule has 0 aliphatic carbocycles. The largest absolute Gasteiger partial charge is 0.0656 e. The van der Waals surface area contributed by atoms with Crippen molar-refractivity contribution in [2.75, 3.05) is 0 Å². The van der Waals surface area contributed by atoms with E-state index in [1.54, 1.807) is 0 Å². The van der Waals surface area contributed by atoms with Gasteiger partial charge < -0.3 is 0 Å². The summed E-state index contributed by atoms with van der Waals surface area (Å²) in [6.07, 6.45) is 3.64. The molecule has 0 unspecified atom stereocenters. The smallest absolute Gasteiger partial charge is 0.0307 e. The van der Waals surface area contributed by atoms with E-state index in [9.17, 15) is 0 Å². The fourth-order valence-corrected chi connectivity index (χ4v) is 0.714. The van der Waals surface area contributed by atoms with Crippen molar-refractivity contribution in [1.29, 1.82) is 0 Å². The Balaban J connectivity index is -0.000000192. The van der Waals surface area contributed by atoms with Gasteiger partial charge in [0.25, 0.3) is 0 Å². The Bertz CT molecular complexity index is 194. The lowest BCUT2D eigenvalue weighted by Crippen LogP contribution is -1.73. The van der Waals surface area contributed by atoms with E-state index in [0.29, 0.717) is 0 Å². The topological polar surface area (TPSA) is 0 Å². The first-order valence-electron chi connectivity index (χ1n) is 7.53. The lowest BCUT2D eigenvalue weighted by atomic mass is 10.2. The molecule has 0 radical (unpaired) electrons. The molecular formula is C18H36. The Kier molecular flexibility index (Phi) is 26.8. The van der Waals surface area contributed by atoms with Gasteiger partial charge in [0.2, 0.25) is 0 Å². The van der Waals surface area contributed by atoms with E-state index < -0.39 is 0 Å². The molecule has 0 heterocycles. The van der Waals surface area contributed by atoms with Crippen LogP contribution in [0.15, 0.2) is 30.3 Å². The molecular weight excluding hydrogens is 216 g/mol. The van der Waals surface area contributed by atoms with E-state index in [1.807, 2.05) is 6.07 Å². The first kappa shape index (κ1) is 22.4. The molecule has 108 valence electrons. The normalized spacial score (nSPS) is 8.06. The van der Waals surface area contributed by atoms with Crippen molar-refractivity contribution in [3.8, 4) is 0 Å². The van der Waals surface area contributed by atoms with Gasteiger partial charge in [0, 0.05) is 0 Å². The van der Waals surface area contributed by atoms with Gasteiger partial charge in [-0.25, -0.2) is 0 Å². The Morgan fingerprint density at radius 3 is 1.17 bits per heavy atom. The zero-order valence-electron chi connectivity index (χ0n) is 14.1. The summed E-state index contributed by atoms with van der Waals surface area (Å²) < 4.78 is 0. The first-order chi connectivity index (χ1) is 8.49. The van der Waals surface area contributed by atoms with Crippen molar-refractivity contribution in [3.05, 3.63) is 35.9 Å². The lowest BCUT2D eigenvalue weighted by molar-refractivity contribution is 0.737. The van der Waals surface area contributed by atoms with Crippen LogP contribution in [0.2, 0.25) is 0 Å².